The molecule has 2 unspecified atom stereocenters. The van der Waals surface area contributed by atoms with Gasteiger partial charge in [0, 0.05) is 18.5 Å². The average molecular weight is 314 g/mol. The van der Waals surface area contributed by atoms with E-state index in [0.717, 1.165) is 29.5 Å². The number of alkyl halides is 1. The van der Waals surface area contributed by atoms with E-state index in [1.165, 1.54) is 6.42 Å². The summed E-state index contributed by atoms with van der Waals surface area (Å²) in [5, 5.41) is 0. The maximum atomic E-state index is 12.9. The van der Waals surface area contributed by atoms with Gasteiger partial charge in [-0.15, -0.1) is 11.6 Å². The molecule has 3 nitrogen and oxygen atoms in total. The summed E-state index contributed by atoms with van der Waals surface area (Å²) < 4.78 is 27.5. The number of piperidine rings is 1. The molecule has 3 rings (SSSR count). The maximum Gasteiger partial charge on any atom is 0.243 e. The predicted octanol–water partition coefficient (Wildman–Crippen LogP) is 3.22. The number of halogens is 1. The van der Waals surface area contributed by atoms with E-state index in [-0.39, 0.29) is 6.04 Å². The summed E-state index contributed by atoms with van der Waals surface area (Å²) in [6.07, 6.45) is 3.22. The molecule has 1 heterocycles. The van der Waals surface area contributed by atoms with Crippen LogP contribution in [0.15, 0.2) is 17.0 Å². The Balaban J connectivity index is 2.03. The highest BCUT2D eigenvalue weighted by atomic mass is 35.5. The van der Waals surface area contributed by atoms with Crippen LogP contribution in [0.5, 0.6) is 0 Å². The first-order valence-corrected chi connectivity index (χ1v) is 9.09. The van der Waals surface area contributed by atoms with Gasteiger partial charge in [0.2, 0.25) is 10.0 Å². The molecule has 1 saturated heterocycles. The molecule has 0 N–H and O–H groups in total. The van der Waals surface area contributed by atoms with Crippen molar-refractivity contribution in [1.82, 2.24) is 4.31 Å². The maximum absolute atomic E-state index is 12.9. The van der Waals surface area contributed by atoms with E-state index >= 15 is 0 Å². The van der Waals surface area contributed by atoms with Crippen molar-refractivity contribution in [3.8, 4) is 0 Å². The Hall–Kier alpha value is -0.580. The molecule has 1 saturated carbocycles. The van der Waals surface area contributed by atoms with Gasteiger partial charge in [0.05, 0.1) is 4.90 Å². The van der Waals surface area contributed by atoms with Crippen molar-refractivity contribution in [1.29, 1.82) is 0 Å². The molecule has 20 heavy (non-hydrogen) atoms. The number of hydrogen-bond acceptors (Lipinski definition) is 2. The van der Waals surface area contributed by atoms with Crippen LogP contribution < -0.4 is 0 Å². The topological polar surface area (TPSA) is 37.4 Å². The van der Waals surface area contributed by atoms with Crippen LogP contribution in [0.4, 0.5) is 0 Å². The zero-order valence-electron chi connectivity index (χ0n) is 11.9. The minimum absolute atomic E-state index is 0.213. The zero-order chi connectivity index (χ0) is 14.5. The number of nitrogens with zero attached hydrogens (tertiary/aromatic N) is 1. The van der Waals surface area contributed by atoms with Crippen LogP contribution >= 0.6 is 11.6 Å². The molecular weight excluding hydrogens is 294 g/mol. The van der Waals surface area contributed by atoms with Crippen LogP contribution in [-0.4, -0.2) is 25.3 Å². The van der Waals surface area contributed by atoms with Crippen molar-refractivity contribution in [2.24, 2.45) is 5.92 Å². The van der Waals surface area contributed by atoms with Gasteiger partial charge in [0.25, 0.3) is 0 Å². The number of benzene rings is 1. The number of fused-ring (bicyclic) bond motifs is 2. The summed E-state index contributed by atoms with van der Waals surface area (Å²) in [7, 11) is -3.37. The number of rotatable bonds is 3. The Morgan fingerprint density at radius 2 is 2.00 bits per heavy atom. The molecule has 2 bridgehead atoms. The first kappa shape index (κ1) is 14.4. The molecule has 2 aliphatic rings. The normalized spacial score (nSPS) is 26.4. The predicted molar refractivity (Wildman–Crippen MR) is 80.5 cm³/mol. The summed E-state index contributed by atoms with van der Waals surface area (Å²) in [5.41, 5.74) is 2.78. The van der Waals surface area contributed by atoms with Crippen LogP contribution in [-0.2, 0) is 15.9 Å². The summed E-state index contributed by atoms with van der Waals surface area (Å²) in [6.45, 7) is 4.53. The van der Waals surface area contributed by atoms with Crippen molar-refractivity contribution < 1.29 is 8.42 Å². The summed E-state index contributed by atoms with van der Waals surface area (Å²) in [4.78, 5) is 0.436. The lowest BCUT2D eigenvalue weighted by Crippen LogP contribution is -2.38. The standard InChI is InChI=1S/C15H20ClNO2S/c1-10-5-11(2)15(7-13(10)8-16)20(18,19)17-9-12-3-4-14(17)6-12/h5,7,12,14H,3-4,6,8-9H2,1-2H3. The second-order valence-electron chi connectivity index (χ2n) is 6.09. The molecule has 0 spiro atoms. The van der Waals surface area contributed by atoms with Gasteiger partial charge in [-0.1, -0.05) is 6.07 Å². The summed E-state index contributed by atoms with van der Waals surface area (Å²) >= 11 is 5.92. The molecular formula is C15H20ClNO2S. The van der Waals surface area contributed by atoms with Crippen molar-refractivity contribution in [3.05, 3.63) is 28.8 Å². The fraction of sp³-hybridized carbons (Fsp3) is 0.600. The molecule has 1 aromatic rings. The Bertz CT molecular complexity index is 642. The van der Waals surface area contributed by atoms with Crippen molar-refractivity contribution in [2.45, 2.75) is 49.9 Å². The van der Waals surface area contributed by atoms with Crippen LogP contribution in [0, 0.1) is 19.8 Å². The van der Waals surface area contributed by atoms with Gasteiger partial charge in [-0.05, 0) is 61.8 Å². The third-order valence-electron chi connectivity index (χ3n) is 4.72. The van der Waals surface area contributed by atoms with Gasteiger partial charge in [-0.2, -0.15) is 4.31 Å². The van der Waals surface area contributed by atoms with Crippen LogP contribution in [0.1, 0.15) is 36.0 Å². The molecule has 0 aromatic heterocycles. The molecule has 110 valence electrons. The highest BCUT2D eigenvalue weighted by Gasteiger charge is 2.44. The van der Waals surface area contributed by atoms with Gasteiger partial charge in [0.15, 0.2) is 0 Å². The Labute approximate surface area is 126 Å². The van der Waals surface area contributed by atoms with E-state index in [2.05, 4.69) is 0 Å². The van der Waals surface area contributed by atoms with Crippen LogP contribution in [0.3, 0.4) is 0 Å². The van der Waals surface area contributed by atoms with Gasteiger partial charge in [-0.3, -0.25) is 0 Å². The Morgan fingerprint density at radius 3 is 2.55 bits per heavy atom. The van der Waals surface area contributed by atoms with Crippen molar-refractivity contribution >= 4 is 21.6 Å². The van der Waals surface area contributed by atoms with E-state index < -0.39 is 10.0 Å². The van der Waals surface area contributed by atoms with Gasteiger partial charge in [-0.25, -0.2) is 8.42 Å². The molecule has 5 heteroatoms. The molecule has 1 aliphatic carbocycles. The quantitative estimate of drug-likeness (QED) is 0.804. The average Bonchev–Trinajstić information content (AvgIpc) is 3.01. The lowest BCUT2D eigenvalue weighted by molar-refractivity contribution is 0.333. The highest BCUT2D eigenvalue weighted by molar-refractivity contribution is 7.89. The minimum atomic E-state index is -3.37. The number of hydrogen-bond donors (Lipinski definition) is 0. The molecule has 0 radical (unpaired) electrons. The third-order valence-corrected chi connectivity index (χ3v) is 7.07. The van der Waals surface area contributed by atoms with E-state index in [0.29, 0.717) is 23.2 Å². The first-order valence-electron chi connectivity index (χ1n) is 7.11. The van der Waals surface area contributed by atoms with Gasteiger partial charge >= 0.3 is 0 Å². The van der Waals surface area contributed by atoms with E-state index in [1.807, 2.05) is 19.9 Å². The molecule has 1 aromatic carbocycles. The number of sulfonamides is 1. The van der Waals surface area contributed by atoms with Crippen molar-refractivity contribution in [3.63, 3.8) is 0 Å². The van der Waals surface area contributed by atoms with Gasteiger partial charge in [0.1, 0.15) is 0 Å². The van der Waals surface area contributed by atoms with Crippen molar-refractivity contribution in [2.75, 3.05) is 6.54 Å². The van der Waals surface area contributed by atoms with E-state index in [9.17, 15) is 8.42 Å². The largest absolute Gasteiger partial charge is 0.243 e. The second-order valence-corrected chi connectivity index (χ2v) is 8.21. The summed E-state index contributed by atoms with van der Waals surface area (Å²) in [5.74, 6) is 0.911. The first-order chi connectivity index (χ1) is 9.43. The van der Waals surface area contributed by atoms with Crippen LogP contribution in [0.2, 0.25) is 0 Å². The SMILES string of the molecule is Cc1cc(C)c(S(=O)(=O)N2CC3CCC2C3)cc1CCl. The fourth-order valence-corrected chi connectivity index (χ4v) is 5.89. The monoisotopic (exact) mass is 313 g/mol. The lowest BCUT2D eigenvalue weighted by Gasteiger charge is -2.27. The lowest BCUT2D eigenvalue weighted by atomic mass is 10.1. The van der Waals surface area contributed by atoms with E-state index in [4.69, 9.17) is 11.6 Å². The summed E-state index contributed by atoms with van der Waals surface area (Å²) in [6, 6.07) is 3.91. The zero-order valence-corrected chi connectivity index (χ0v) is 13.5. The molecule has 2 fully saturated rings. The van der Waals surface area contributed by atoms with Crippen LogP contribution in [0.25, 0.3) is 0 Å². The van der Waals surface area contributed by atoms with Gasteiger partial charge < -0.3 is 0 Å². The van der Waals surface area contributed by atoms with E-state index in [1.54, 1.807) is 10.4 Å². The smallest absolute Gasteiger partial charge is 0.207 e. The molecule has 1 aliphatic heterocycles. The molecule has 0 amide bonds. The highest BCUT2D eigenvalue weighted by Crippen LogP contribution is 2.41. The third kappa shape index (κ3) is 2.18. The fourth-order valence-electron chi connectivity index (χ4n) is 3.60. The Kier molecular flexibility index (Phi) is 3.59. The second kappa shape index (κ2) is 5.00. The minimum Gasteiger partial charge on any atom is -0.207 e. The Morgan fingerprint density at radius 1 is 1.25 bits per heavy atom. The molecule has 2 atom stereocenters. The number of aryl methyl sites for hydroxylation is 2.